The molecule has 0 aromatic heterocycles. The van der Waals surface area contributed by atoms with Crippen LogP contribution in [0.5, 0.6) is 0 Å². The molecule has 0 fully saturated rings. The van der Waals surface area contributed by atoms with Gasteiger partial charge < -0.3 is 5.32 Å². The van der Waals surface area contributed by atoms with Crippen LogP contribution in [-0.4, -0.2) is 34.8 Å². The zero-order valence-electron chi connectivity index (χ0n) is 19.0. The molecule has 2 rings (SSSR count). The largest absolute Gasteiger partial charge is 0.351 e. The third-order valence-electron chi connectivity index (χ3n) is 4.62. The van der Waals surface area contributed by atoms with Crippen LogP contribution in [0.25, 0.3) is 0 Å². The fourth-order valence-electron chi connectivity index (χ4n) is 3.06. The lowest BCUT2D eigenvalue weighted by atomic mass is 10.0. The van der Waals surface area contributed by atoms with E-state index in [1.807, 2.05) is 0 Å². The van der Waals surface area contributed by atoms with Crippen molar-refractivity contribution >= 4 is 26.0 Å². The molecule has 2 aromatic rings. The maximum Gasteiger partial charge on any atom is 0.244 e. The molecular weight excluding hydrogens is 469 g/mol. The zero-order valence-corrected chi connectivity index (χ0v) is 20.6. The number of carbonyl (C=O) groups is 1. The molecule has 2 aromatic carbocycles. The van der Waals surface area contributed by atoms with Gasteiger partial charge in [0.15, 0.2) is 0 Å². The number of hydrogen-bond acceptors (Lipinski definition) is 5. The number of rotatable bonds is 11. The van der Waals surface area contributed by atoms with E-state index >= 15 is 0 Å². The van der Waals surface area contributed by atoms with Crippen LogP contribution in [0.4, 0.5) is 4.39 Å². The van der Waals surface area contributed by atoms with E-state index in [0.29, 0.717) is 11.1 Å². The quantitative estimate of drug-likeness (QED) is 0.438. The zero-order chi connectivity index (χ0) is 24.8. The lowest BCUT2D eigenvalue weighted by molar-refractivity contribution is -0.123. The maximum atomic E-state index is 13.9. The van der Waals surface area contributed by atoms with E-state index in [1.165, 1.54) is 12.1 Å². The lowest BCUT2D eigenvalue weighted by Crippen LogP contribution is -2.49. The van der Waals surface area contributed by atoms with E-state index in [0.717, 1.165) is 12.1 Å². The van der Waals surface area contributed by atoms with Gasteiger partial charge >= 0.3 is 0 Å². The first-order valence-electron chi connectivity index (χ1n) is 10.4. The molecule has 0 bridgehead atoms. The summed E-state index contributed by atoms with van der Waals surface area (Å²) in [6, 6.07) is 10.3. The van der Waals surface area contributed by atoms with E-state index in [2.05, 4.69) is 14.8 Å². The Labute approximate surface area is 195 Å². The average molecular weight is 500 g/mol. The van der Waals surface area contributed by atoms with Crippen molar-refractivity contribution in [3.05, 3.63) is 65.5 Å². The van der Waals surface area contributed by atoms with Crippen molar-refractivity contribution in [2.45, 2.75) is 57.0 Å². The minimum absolute atomic E-state index is 0.112. The molecule has 0 spiro atoms. The Kier molecular flexibility index (Phi) is 9.12. The number of hydrogen-bond donors (Lipinski definition) is 3. The first-order valence-corrected chi connectivity index (χ1v) is 13.6. The first kappa shape index (κ1) is 26.9. The minimum atomic E-state index is -4.24. The summed E-state index contributed by atoms with van der Waals surface area (Å²) in [6.45, 7) is 6.94. The average Bonchev–Trinajstić information content (AvgIpc) is 2.70. The molecule has 1 atom stereocenters. The van der Waals surface area contributed by atoms with Crippen LogP contribution >= 0.6 is 0 Å². The highest BCUT2D eigenvalue weighted by Crippen LogP contribution is 2.16. The summed E-state index contributed by atoms with van der Waals surface area (Å²) in [5, 5.41) is 2.67. The molecule has 0 saturated carbocycles. The first-order chi connectivity index (χ1) is 15.3. The van der Waals surface area contributed by atoms with E-state index in [1.54, 1.807) is 52.0 Å². The SMILES string of the molecule is CC(C)NS(=O)(=O)Cc1ccc(CNC(=O)[C@@H](NS(=O)(=O)c2ccccc2F)C(C)C)cc1. The van der Waals surface area contributed by atoms with Gasteiger partial charge in [0, 0.05) is 12.6 Å². The molecule has 8 nitrogen and oxygen atoms in total. The van der Waals surface area contributed by atoms with Crippen molar-refractivity contribution in [1.82, 2.24) is 14.8 Å². The second-order valence-corrected chi connectivity index (χ2v) is 11.8. The van der Waals surface area contributed by atoms with Gasteiger partial charge in [-0.05, 0) is 43.0 Å². The van der Waals surface area contributed by atoms with Gasteiger partial charge in [0.05, 0.1) is 5.75 Å². The second-order valence-electron chi connectivity index (χ2n) is 8.34. The summed E-state index contributed by atoms with van der Waals surface area (Å²) in [4.78, 5) is 12.2. The number of benzene rings is 2. The Balaban J connectivity index is 2.03. The molecule has 11 heteroatoms. The van der Waals surface area contributed by atoms with Crippen molar-refractivity contribution in [3.63, 3.8) is 0 Å². The Morgan fingerprint density at radius 2 is 1.45 bits per heavy atom. The molecule has 0 radical (unpaired) electrons. The molecular formula is C22H30FN3O5S2. The van der Waals surface area contributed by atoms with Crippen LogP contribution in [0, 0.1) is 11.7 Å². The van der Waals surface area contributed by atoms with Crippen LogP contribution in [0.3, 0.4) is 0 Å². The number of halogens is 1. The lowest BCUT2D eigenvalue weighted by Gasteiger charge is -2.22. The molecule has 182 valence electrons. The van der Waals surface area contributed by atoms with Gasteiger partial charge in [-0.25, -0.2) is 25.9 Å². The van der Waals surface area contributed by atoms with Crippen molar-refractivity contribution < 1.29 is 26.0 Å². The summed E-state index contributed by atoms with van der Waals surface area (Å²) in [6.07, 6.45) is 0. The van der Waals surface area contributed by atoms with Gasteiger partial charge in [0.1, 0.15) is 16.8 Å². The highest BCUT2D eigenvalue weighted by Gasteiger charge is 2.29. The van der Waals surface area contributed by atoms with E-state index in [4.69, 9.17) is 0 Å². The van der Waals surface area contributed by atoms with Crippen molar-refractivity contribution in [3.8, 4) is 0 Å². The van der Waals surface area contributed by atoms with Crippen molar-refractivity contribution in [1.29, 1.82) is 0 Å². The summed E-state index contributed by atoms with van der Waals surface area (Å²) < 4.78 is 68.0. The van der Waals surface area contributed by atoms with Crippen molar-refractivity contribution in [2.75, 3.05) is 0 Å². The molecule has 0 unspecified atom stereocenters. The fraction of sp³-hybridized carbons (Fsp3) is 0.409. The fourth-order valence-corrected chi connectivity index (χ4v) is 5.91. The molecule has 0 saturated heterocycles. The molecule has 0 aliphatic carbocycles. The summed E-state index contributed by atoms with van der Waals surface area (Å²) in [5.74, 6) is -2.02. The third kappa shape index (κ3) is 8.18. The van der Waals surface area contributed by atoms with Crippen LogP contribution < -0.4 is 14.8 Å². The van der Waals surface area contributed by atoms with Gasteiger partial charge in [0.2, 0.25) is 26.0 Å². The van der Waals surface area contributed by atoms with Gasteiger partial charge in [0.25, 0.3) is 0 Å². The molecule has 0 aliphatic rings. The summed E-state index contributed by atoms with van der Waals surface area (Å²) >= 11 is 0. The highest BCUT2D eigenvalue weighted by molar-refractivity contribution is 7.89. The van der Waals surface area contributed by atoms with Gasteiger partial charge in [-0.15, -0.1) is 0 Å². The number of sulfonamides is 2. The number of carbonyl (C=O) groups excluding carboxylic acids is 1. The molecule has 1 amide bonds. The van der Waals surface area contributed by atoms with Gasteiger partial charge in [-0.2, -0.15) is 4.72 Å². The van der Waals surface area contributed by atoms with Crippen LogP contribution in [-0.2, 0) is 37.1 Å². The van der Waals surface area contributed by atoms with Crippen LogP contribution in [0.2, 0.25) is 0 Å². The summed E-state index contributed by atoms with van der Waals surface area (Å²) in [5.41, 5.74) is 1.30. The van der Waals surface area contributed by atoms with Crippen LogP contribution in [0.1, 0.15) is 38.8 Å². The van der Waals surface area contributed by atoms with Crippen LogP contribution in [0.15, 0.2) is 53.4 Å². The summed E-state index contributed by atoms with van der Waals surface area (Å²) in [7, 11) is -7.69. The Bertz CT molecular complexity index is 1160. The highest BCUT2D eigenvalue weighted by atomic mass is 32.2. The Morgan fingerprint density at radius 3 is 2.00 bits per heavy atom. The predicted molar refractivity (Wildman–Crippen MR) is 125 cm³/mol. The van der Waals surface area contributed by atoms with Gasteiger partial charge in [-0.3, -0.25) is 4.79 Å². The number of amides is 1. The Morgan fingerprint density at radius 1 is 0.879 bits per heavy atom. The standard InChI is InChI=1S/C22H30FN3O5S2/c1-15(2)21(26-33(30,31)20-8-6-5-7-19(20)23)22(27)24-13-17-9-11-18(12-10-17)14-32(28,29)25-16(3)4/h5-12,15-16,21,25-26H,13-14H2,1-4H3,(H,24,27)/t21-/m0/s1. The number of nitrogens with one attached hydrogen (secondary N) is 3. The van der Waals surface area contributed by atoms with E-state index in [9.17, 15) is 26.0 Å². The van der Waals surface area contributed by atoms with Gasteiger partial charge in [-0.1, -0.05) is 50.2 Å². The van der Waals surface area contributed by atoms with E-state index < -0.39 is 48.6 Å². The topological polar surface area (TPSA) is 121 Å². The second kappa shape index (κ2) is 11.2. The Hall–Kier alpha value is -2.34. The van der Waals surface area contributed by atoms with E-state index in [-0.39, 0.29) is 18.3 Å². The maximum absolute atomic E-state index is 13.9. The normalized spacial score (nSPS) is 13.3. The molecule has 33 heavy (non-hydrogen) atoms. The monoisotopic (exact) mass is 499 g/mol. The minimum Gasteiger partial charge on any atom is -0.351 e. The predicted octanol–water partition coefficient (Wildman–Crippen LogP) is 2.27. The molecule has 0 heterocycles. The smallest absolute Gasteiger partial charge is 0.244 e. The third-order valence-corrected chi connectivity index (χ3v) is 7.64. The molecule has 0 aliphatic heterocycles. The molecule has 3 N–H and O–H groups in total. The van der Waals surface area contributed by atoms with Crippen molar-refractivity contribution in [2.24, 2.45) is 5.92 Å².